The first kappa shape index (κ1) is 22.5. The summed E-state index contributed by atoms with van der Waals surface area (Å²) < 4.78 is 28.3. The molecule has 4 aromatic rings. The maximum Gasteiger partial charge on any atom is 0.204 e. The molecule has 0 fully saturated rings. The lowest BCUT2D eigenvalue weighted by atomic mass is 10.4. The monoisotopic (exact) mass is 459 g/mol. The fourth-order valence-corrected chi connectivity index (χ4v) is 8.94. The molecule has 4 aromatic carbocycles. The lowest BCUT2D eigenvalue weighted by Crippen LogP contribution is -2.29. The number of hydrogen-bond donors (Lipinski definition) is 1. The molecular formula is C27H27NO2P2. The Morgan fingerprint density at radius 1 is 0.500 bits per heavy atom. The molecule has 0 amide bonds. The number of benzene rings is 4. The zero-order chi connectivity index (χ0) is 22.3. The summed E-state index contributed by atoms with van der Waals surface area (Å²) in [6.45, 7) is 0.505. The maximum atomic E-state index is 14.2. The molecule has 32 heavy (non-hydrogen) atoms. The van der Waals surface area contributed by atoms with E-state index in [0.29, 0.717) is 19.1 Å². The van der Waals surface area contributed by atoms with E-state index < -0.39 is 14.4 Å². The molecule has 0 bridgehead atoms. The Kier molecular flexibility index (Phi) is 7.22. The highest BCUT2D eigenvalue weighted by Crippen LogP contribution is 2.44. The van der Waals surface area contributed by atoms with Crippen LogP contribution in [0.4, 0.5) is 0 Å². The summed E-state index contributed by atoms with van der Waals surface area (Å²) in [5, 5.41) is 6.62. The first-order chi connectivity index (χ1) is 15.6. The summed E-state index contributed by atoms with van der Waals surface area (Å²) in [7, 11) is -5.77. The van der Waals surface area contributed by atoms with E-state index in [1.807, 2.05) is 121 Å². The van der Waals surface area contributed by atoms with Gasteiger partial charge in [0.15, 0.2) is 0 Å². The van der Waals surface area contributed by atoms with Gasteiger partial charge in [-0.3, -0.25) is 9.65 Å². The van der Waals surface area contributed by atoms with Gasteiger partial charge in [0.1, 0.15) is 7.14 Å². The fourth-order valence-electron chi connectivity index (χ4n) is 3.89. The van der Waals surface area contributed by atoms with Crippen molar-refractivity contribution in [1.29, 1.82) is 0 Å². The van der Waals surface area contributed by atoms with Gasteiger partial charge in [0.25, 0.3) is 0 Å². The fraction of sp³-hybridized carbons (Fsp3) is 0.111. The molecule has 0 aliphatic heterocycles. The zero-order valence-corrected chi connectivity index (χ0v) is 19.7. The van der Waals surface area contributed by atoms with Gasteiger partial charge < -0.3 is 4.57 Å². The third-order valence-corrected chi connectivity index (χ3v) is 11.5. The van der Waals surface area contributed by atoms with Crippen LogP contribution in [0.25, 0.3) is 0 Å². The predicted octanol–water partition coefficient (Wildman–Crippen LogP) is 4.91. The van der Waals surface area contributed by atoms with Crippen LogP contribution < -0.4 is 26.3 Å². The second-order valence-corrected chi connectivity index (χ2v) is 13.2. The SMILES string of the molecule is O=P(CCCNP(=O)(c1ccccc1)c1ccccc1)(c1ccccc1)c1ccccc1. The molecule has 0 atom stereocenters. The van der Waals surface area contributed by atoms with Gasteiger partial charge in [0.2, 0.25) is 7.29 Å². The van der Waals surface area contributed by atoms with Crippen LogP contribution in [-0.2, 0) is 9.13 Å². The highest BCUT2D eigenvalue weighted by Gasteiger charge is 2.29. The van der Waals surface area contributed by atoms with Crippen molar-refractivity contribution in [3.8, 4) is 0 Å². The summed E-state index contributed by atoms with van der Waals surface area (Å²) in [4.78, 5) is 0. The molecule has 0 heterocycles. The number of rotatable bonds is 9. The molecule has 3 nitrogen and oxygen atoms in total. The molecule has 0 aliphatic rings. The van der Waals surface area contributed by atoms with Gasteiger partial charge in [-0.1, -0.05) is 97.1 Å². The molecule has 162 valence electrons. The molecule has 0 saturated carbocycles. The van der Waals surface area contributed by atoms with E-state index >= 15 is 0 Å². The molecule has 5 heteroatoms. The minimum Gasteiger partial charge on any atom is -0.314 e. The lowest BCUT2D eigenvalue weighted by Gasteiger charge is -2.22. The van der Waals surface area contributed by atoms with Crippen molar-refractivity contribution in [2.75, 3.05) is 12.7 Å². The van der Waals surface area contributed by atoms with Crippen LogP contribution in [0.2, 0.25) is 0 Å². The Bertz CT molecular complexity index is 1030. The van der Waals surface area contributed by atoms with Crippen LogP contribution in [0.1, 0.15) is 6.42 Å². The Hall–Kier alpha value is -2.70. The summed E-state index contributed by atoms with van der Waals surface area (Å²) in [6.07, 6.45) is 1.16. The third kappa shape index (κ3) is 4.87. The van der Waals surface area contributed by atoms with E-state index in [1.54, 1.807) is 0 Å². The Morgan fingerprint density at radius 3 is 1.22 bits per heavy atom. The van der Waals surface area contributed by atoms with Gasteiger partial charge in [-0.15, -0.1) is 0 Å². The van der Waals surface area contributed by atoms with Crippen molar-refractivity contribution in [1.82, 2.24) is 5.09 Å². The molecule has 0 aromatic heterocycles. The van der Waals surface area contributed by atoms with Crippen molar-refractivity contribution in [3.63, 3.8) is 0 Å². The Labute approximate surface area is 190 Å². The van der Waals surface area contributed by atoms with E-state index in [1.165, 1.54) is 0 Å². The molecular weight excluding hydrogens is 432 g/mol. The van der Waals surface area contributed by atoms with Crippen LogP contribution in [-0.4, -0.2) is 12.7 Å². The van der Waals surface area contributed by atoms with Gasteiger partial charge in [0, 0.05) is 33.9 Å². The van der Waals surface area contributed by atoms with Crippen LogP contribution in [0.3, 0.4) is 0 Å². The van der Waals surface area contributed by atoms with E-state index in [0.717, 1.165) is 21.2 Å². The average Bonchev–Trinajstić information content (AvgIpc) is 2.88. The van der Waals surface area contributed by atoms with Gasteiger partial charge >= 0.3 is 0 Å². The molecule has 0 radical (unpaired) electrons. The zero-order valence-electron chi connectivity index (χ0n) is 17.9. The van der Waals surface area contributed by atoms with E-state index in [-0.39, 0.29) is 0 Å². The van der Waals surface area contributed by atoms with E-state index in [9.17, 15) is 9.13 Å². The molecule has 0 unspecified atom stereocenters. The Morgan fingerprint density at radius 2 is 0.844 bits per heavy atom. The van der Waals surface area contributed by atoms with Crippen molar-refractivity contribution in [2.24, 2.45) is 0 Å². The molecule has 0 spiro atoms. The molecule has 4 rings (SSSR count). The highest BCUT2D eigenvalue weighted by atomic mass is 31.2. The quantitative estimate of drug-likeness (QED) is 0.286. The predicted molar refractivity (Wildman–Crippen MR) is 137 cm³/mol. The second kappa shape index (κ2) is 10.3. The first-order valence-electron chi connectivity index (χ1n) is 10.8. The van der Waals surface area contributed by atoms with Crippen molar-refractivity contribution in [2.45, 2.75) is 6.42 Å². The van der Waals surface area contributed by atoms with Crippen LogP contribution in [0, 0.1) is 0 Å². The van der Waals surface area contributed by atoms with Gasteiger partial charge in [-0.05, 0) is 30.7 Å². The normalized spacial score (nSPS) is 11.9. The summed E-state index contributed by atoms with van der Waals surface area (Å²) in [6, 6.07) is 38.5. The summed E-state index contributed by atoms with van der Waals surface area (Å²) in [5.41, 5.74) is 0. The van der Waals surface area contributed by atoms with Gasteiger partial charge in [-0.2, -0.15) is 0 Å². The molecule has 0 saturated heterocycles. The smallest absolute Gasteiger partial charge is 0.204 e. The first-order valence-corrected chi connectivity index (χ1v) is 14.4. The van der Waals surface area contributed by atoms with Crippen molar-refractivity contribution >= 4 is 35.7 Å². The standard InChI is InChI=1S/C27H27NO2P2/c29-31(24-14-5-1-6-15-24,25-16-7-2-8-17-25)23-13-22-28-32(30,26-18-9-3-10-19-26)27-20-11-4-12-21-27/h1-12,14-21H,13,22-23H2,(H,28,30). The third-order valence-electron chi connectivity index (χ3n) is 5.57. The maximum absolute atomic E-state index is 14.2. The van der Waals surface area contributed by atoms with E-state index in [4.69, 9.17) is 0 Å². The van der Waals surface area contributed by atoms with Crippen LogP contribution in [0.5, 0.6) is 0 Å². The summed E-state index contributed by atoms with van der Waals surface area (Å²) >= 11 is 0. The largest absolute Gasteiger partial charge is 0.314 e. The van der Waals surface area contributed by atoms with Crippen molar-refractivity contribution < 1.29 is 9.13 Å². The van der Waals surface area contributed by atoms with Crippen LogP contribution in [0.15, 0.2) is 121 Å². The van der Waals surface area contributed by atoms with Crippen LogP contribution >= 0.6 is 14.4 Å². The minimum absolute atomic E-state index is 0.505. The van der Waals surface area contributed by atoms with Gasteiger partial charge in [0.05, 0.1) is 0 Å². The molecule has 0 aliphatic carbocycles. The molecule has 1 N–H and O–H groups in total. The number of hydrogen-bond acceptors (Lipinski definition) is 2. The van der Waals surface area contributed by atoms with Crippen molar-refractivity contribution in [3.05, 3.63) is 121 Å². The highest BCUT2D eigenvalue weighted by molar-refractivity contribution is 7.78. The number of nitrogens with one attached hydrogen (secondary N) is 1. The topological polar surface area (TPSA) is 46.2 Å². The second-order valence-electron chi connectivity index (χ2n) is 7.68. The minimum atomic E-state index is -2.99. The average molecular weight is 459 g/mol. The van der Waals surface area contributed by atoms with Gasteiger partial charge in [-0.25, -0.2) is 0 Å². The summed E-state index contributed by atoms with van der Waals surface area (Å²) in [5.74, 6) is 0. The van der Waals surface area contributed by atoms with E-state index in [2.05, 4.69) is 5.09 Å². The Balaban J connectivity index is 1.55. The lowest BCUT2D eigenvalue weighted by molar-refractivity contribution is 0.575.